The first kappa shape index (κ1) is 16.8. The van der Waals surface area contributed by atoms with Crippen LogP contribution < -0.4 is 10.1 Å². The maximum absolute atomic E-state index is 6.54. The third-order valence-corrected chi connectivity index (χ3v) is 6.44. The van der Waals surface area contributed by atoms with Gasteiger partial charge in [-0.05, 0) is 35.2 Å². The lowest BCUT2D eigenvalue weighted by Gasteiger charge is -2.38. The number of benzene rings is 2. The average molecular weight is 419 g/mol. The summed E-state index contributed by atoms with van der Waals surface area (Å²) < 4.78 is 8.46. The fourth-order valence-electron chi connectivity index (χ4n) is 4.08. The molecule has 0 fully saturated rings. The molecule has 0 unspecified atom stereocenters. The maximum atomic E-state index is 6.54. The topological polar surface area (TPSA) is 52.0 Å². The van der Waals surface area contributed by atoms with Crippen LogP contribution in [0.3, 0.4) is 0 Å². The molecular weight excluding hydrogens is 404 g/mol. The van der Waals surface area contributed by atoms with Crippen molar-refractivity contribution in [2.24, 2.45) is 0 Å². The minimum Gasteiger partial charge on any atom is -0.480 e. The van der Waals surface area contributed by atoms with E-state index in [-0.39, 0.29) is 12.1 Å². The fourth-order valence-corrected chi connectivity index (χ4v) is 5.02. The Kier molecular flexibility index (Phi) is 3.76. The highest BCUT2D eigenvalue weighted by molar-refractivity contribution is 7.10. The molecule has 0 amide bonds. The van der Waals surface area contributed by atoms with Gasteiger partial charge in [-0.25, -0.2) is 4.68 Å². The van der Waals surface area contributed by atoms with Crippen molar-refractivity contribution >= 4 is 34.6 Å². The van der Waals surface area contributed by atoms with Gasteiger partial charge in [0, 0.05) is 21.0 Å². The normalized spacial score (nSPS) is 19.6. The van der Waals surface area contributed by atoms with Gasteiger partial charge in [0.05, 0.1) is 5.70 Å². The van der Waals surface area contributed by atoms with E-state index in [0.717, 1.165) is 33.0 Å². The molecule has 2 aromatic carbocycles. The van der Waals surface area contributed by atoms with Crippen molar-refractivity contribution in [3.8, 4) is 5.75 Å². The van der Waals surface area contributed by atoms with Crippen molar-refractivity contribution < 1.29 is 4.74 Å². The van der Waals surface area contributed by atoms with E-state index in [4.69, 9.17) is 16.3 Å². The number of nitrogens with zero attached hydrogens (tertiary/aromatic N) is 3. The van der Waals surface area contributed by atoms with Gasteiger partial charge in [0.1, 0.15) is 18.1 Å². The summed E-state index contributed by atoms with van der Waals surface area (Å²) >= 11 is 8.02. The van der Waals surface area contributed by atoms with Crippen molar-refractivity contribution in [2.45, 2.75) is 12.1 Å². The van der Waals surface area contributed by atoms with Gasteiger partial charge in [0.25, 0.3) is 0 Å². The SMILES string of the molecule is Clc1ccc2c(c1)C1=C([C@@H](c3cccs3)O2)[C@@H](c2ccccc2)n2ncnc2N1. The highest BCUT2D eigenvalue weighted by Gasteiger charge is 2.41. The quantitative estimate of drug-likeness (QED) is 0.463. The van der Waals surface area contributed by atoms with E-state index >= 15 is 0 Å². The Morgan fingerprint density at radius 2 is 1.97 bits per heavy atom. The zero-order valence-corrected chi connectivity index (χ0v) is 16.7. The van der Waals surface area contributed by atoms with Gasteiger partial charge in [-0.2, -0.15) is 10.1 Å². The van der Waals surface area contributed by atoms with Crippen LogP contribution in [-0.4, -0.2) is 14.8 Å². The van der Waals surface area contributed by atoms with Gasteiger partial charge in [-0.15, -0.1) is 11.3 Å². The summed E-state index contributed by atoms with van der Waals surface area (Å²) in [7, 11) is 0. The first-order chi connectivity index (χ1) is 14.3. The molecule has 0 radical (unpaired) electrons. The van der Waals surface area contributed by atoms with Crippen LogP contribution >= 0.6 is 22.9 Å². The van der Waals surface area contributed by atoms with E-state index in [9.17, 15) is 0 Å². The second kappa shape index (κ2) is 6.47. The number of hydrogen-bond donors (Lipinski definition) is 1. The zero-order chi connectivity index (χ0) is 19.4. The Morgan fingerprint density at radius 1 is 1.07 bits per heavy atom. The lowest BCUT2D eigenvalue weighted by molar-refractivity contribution is 0.226. The van der Waals surface area contributed by atoms with E-state index in [1.807, 2.05) is 41.1 Å². The lowest BCUT2D eigenvalue weighted by atomic mass is 9.87. The Labute approximate surface area is 176 Å². The molecule has 142 valence electrons. The van der Waals surface area contributed by atoms with Crippen LogP contribution in [-0.2, 0) is 0 Å². The molecular formula is C22H15ClN4OS. The van der Waals surface area contributed by atoms with Crippen molar-refractivity contribution in [3.05, 3.63) is 99.0 Å². The first-order valence-corrected chi connectivity index (χ1v) is 10.5. The number of rotatable bonds is 2. The molecule has 6 rings (SSSR count). The molecule has 2 atom stereocenters. The number of anilines is 1. The Bertz CT molecular complexity index is 1230. The third kappa shape index (κ3) is 2.60. The fraction of sp³-hybridized carbons (Fsp3) is 0.0909. The monoisotopic (exact) mass is 418 g/mol. The Morgan fingerprint density at radius 3 is 2.79 bits per heavy atom. The van der Waals surface area contributed by atoms with E-state index in [0.29, 0.717) is 11.0 Å². The van der Waals surface area contributed by atoms with Gasteiger partial charge < -0.3 is 10.1 Å². The minimum atomic E-state index is -0.228. The van der Waals surface area contributed by atoms with Crippen molar-refractivity contribution in [2.75, 3.05) is 5.32 Å². The molecule has 1 N–H and O–H groups in total. The third-order valence-electron chi connectivity index (χ3n) is 5.29. The predicted octanol–water partition coefficient (Wildman–Crippen LogP) is 5.55. The molecule has 0 spiro atoms. The van der Waals surface area contributed by atoms with E-state index in [1.165, 1.54) is 0 Å². The van der Waals surface area contributed by atoms with Crippen LogP contribution in [0.15, 0.2) is 77.9 Å². The molecule has 4 aromatic rings. The maximum Gasteiger partial charge on any atom is 0.226 e. The minimum absolute atomic E-state index is 0.135. The van der Waals surface area contributed by atoms with E-state index in [1.54, 1.807) is 17.7 Å². The average Bonchev–Trinajstić information content (AvgIpc) is 3.44. The molecule has 2 aliphatic heterocycles. The predicted molar refractivity (Wildman–Crippen MR) is 114 cm³/mol. The first-order valence-electron chi connectivity index (χ1n) is 9.25. The van der Waals surface area contributed by atoms with Crippen LogP contribution in [0.2, 0.25) is 5.02 Å². The molecule has 0 saturated heterocycles. The Balaban J connectivity index is 1.66. The molecule has 2 aliphatic rings. The number of fused-ring (bicyclic) bond motifs is 3. The smallest absolute Gasteiger partial charge is 0.226 e. The summed E-state index contributed by atoms with van der Waals surface area (Å²) in [6.45, 7) is 0. The van der Waals surface area contributed by atoms with Crippen molar-refractivity contribution in [1.82, 2.24) is 14.8 Å². The van der Waals surface area contributed by atoms with Gasteiger partial charge in [0.2, 0.25) is 5.95 Å². The number of halogens is 1. The number of nitrogens with one attached hydrogen (secondary N) is 1. The van der Waals surface area contributed by atoms with Crippen LogP contribution in [0.1, 0.15) is 28.1 Å². The van der Waals surface area contributed by atoms with Gasteiger partial charge in [-0.1, -0.05) is 48.0 Å². The molecule has 5 nitrogen and oxygen atoms in total. The summed E-state index contributed by atoms with van der Waals surface area (Å²) in [4.78, 5) is 5.59. The van der Waals surface area contributed by atoms with Crippen LogP contribution in [0.25, 0.3) is 5.70 Å². The second-order valence-electron chi connectivity index (χ2n) is 6.95. The summed E-state index contributed by atoms with van der Waals surface area (Å²) in [6.07, 6.45) is 1.35. The highest BCUT2D eigenvalue weighted by atomic mass is 35.5. The van der Waals surface area contributed by atoms with Crippen LogP contribution in [0.4, 0.5) is 5.95 Å². The standard InChI is InChI=1S/C22H15ClN4OS/c23-14-8-9-16-15(11-14)19-18(21(28-16)17-7-4-10-29-17)20(13-5-2-1-3-6-13)27-22(26-19)24-12-25-27/h1-12,20-21H,(H,24,25,26)/t20-,21-/m1/s1. The molecule has 2 aromatic heterocycles. The molecule has 0 aliphatic carbocycles. The van der Waals surface area contributed by atoms with Crippen molar-refractivity contribution in [3.63, 3.8) is 0 Å². The summed E-state index contributed by atoms with van der Waals surface area (Å²) in [6, 6.07) is 20.1. The largest absolute Gasteiger partial charge is 0.480 e. The summed E-state index contributed by atoms with van der Waals surface area (Å²) in [5.74, 6) is 1.51. The lowest BCUT2D eigenvalue weighted by Crippen LogP contribution is -2.32. The molecule has 4 heterocycles. The zero-order valence-electron chi connectivity index (χ0n) is 15.1. The molecule has 0 saturated carbocycles. The van der Waals surface area contributed by atoms with Gasteiger partial charge in [-0.3, -0.25) is 0 Å². The summed E-state index contributed by atoms with van der Waals surface area (Å²) in [5.41, 5.74) is 4.16. The summed E-state index contributed by atoms with van der Waals surface area (Å²) in [5, 5.41) is 10.8. The van der Waals surface area contributed by atoms with Gasteiger partial charge >= 0.3 is 0 Å². The highest BCUT2D eigenvalue weighted by Crippen LogP contribution is 2.51. The van der Waals surface area contributed by atoms with Crippen LogP contribution in [0.5, 0.6) is 5.75 Å². The van der Waals surface area contributed by atoms with E-state index < -0.39 is 0 Å². The molecule has 0 bridgehead atoms. The molecule has 29 heavy (non-hydrogen) atoms. The van der Waals surface area contributed by atoms with E-state index in [2.05, 4.69) is 45.0 Å². The second-order valence-corrected chi connectivity index (χ2v) is 8.37. The number of ether oxygens (including phenoxy) is 1. The Hall–Kier alpha value is -3.09. The number of hydrogen-bond acceptors (Lipinski definition) is 5. The van der Waals surface area contributed by atoms with Gasteiger partial charge in [0.15, 0.2) is 6.10 Å². The molecule has 7 heteroatoms. The van der Waals surface area contributed by atoms with Crippen LogP contribution in [0, 0.1) is 0 Å². The number of thiophene rings is 1. The van der Waals surface area contributed by atoms with Crippen molar-refractivity contribution in [1.29, 1.82) is 0 Å². The number of aromatic nitrogens is 3.